The van der Waals surface area contributed by atoms with Crippen LogP contribution < -0.4 is 11.1 Å². The second-order valence-electron chi connectivity index (χ2n) is 7.83. The highest BCUT2D eigenvalue weighted by molar-refractivity contribution is 6.28. The van der Waals surface area contributed by atoms with Crippen LogP contribution in [-0.4, -0.2) is 54.7 Å². The van der Waals surface area contributed by atoms with E-state index >= 15 is 0 Å². The summed E-state index contributed by atoms with van der Waals surface area (Å²) in [6.45, 7) is 2.39. The van der Waals surface area contributed by atoms with Crippen molar-refractivity contribution in [2.24, 2.45) is 5.73 Å². The molecule has 0 radical (unpaired) electrons. The highest BCUT2D eigenvalue weighted by atomic mass is 16.5. The lowest BCUT2D eigenvalue weighted by Gasteiger charge is -2.22. The largest absolute Gasteiger partial charge is 0.467 e. The third-order valence-corrected chi connectivity index (χ3v) is 4.92. The topological polar surface area (TPSA) is 142 Å². The minimum atomic E-state index is -1.27. The van der Waals surface area contributed by atoms with Crippen molar-refractivity contribution in [1.82, 2.24) is 5.32 Å². The molecule has 0 bridgehead atoms. The van der Waals surface area contributed by atoms with E-state index < -0.39 is 36.0 Å². The minimum Gasteiger partial charge on any atom is -0.467 e. The zero-order valence-electron chi connectivity index (χ0n) is 17.8. The molecule has 3 rings (SSSR count). The van der Waals surface area contributed by atoms with Gasteiger partial charge in [-0.2, -0.15) is 0 Å². The Bertz CT molecular complexity index is 1130. The Labute approximate surface area is 183 Å². The summed E-state index contributed by atoms with van der Waals surface area (Å²) in [5.74, 6) is -3.00. The Hall–Kier alpha value is -3.85. The molecule has 0 unspecified atom stereocenters. The third kappa shape index (κ3) is 4.42. The van der Waals surface area contributed by atoms with E-state index in [1.54, 1.807) is 24.3 Å². The van der Waals surface area contributed by atoms with Crippen molar-refractivity contribution in [2.45, 2.75) is 25.4 Å². The van der Waals surface area contributed by atoms with E-state index in [1.807, 2.05) is 0 Å². The number of nitrogens with two attached hydrogens (primary N) is 1. The lowest BCUT2D eigenvalue weighted by molar-refractivity contribution is -0.146. The first-order chi connectivity index (χ1) is 15.0. The van der Waals surface area contributed by atoms with Crippen LogP contribution in [0.3, 0.4) is 0 Å². The molecule has 2 aromatic rings. The molecule has 0 spiro atoms. The molecule has 0 saturated heterocycles. The van der Waals surface area contributed by atoms with E-state index in [0.717, 1.165) is 7.11 Å². The molecule has 166 valence electrons. The van der Waals surface area contributed by atoms with Crippen LogP contribution in [0.5, 0.6) is 0 Å². The van der Waals surface area contributed by atoms with Crippen molar-refractivity contribution < 1.29 is 33.4 Å². The first-order valence-electron chi connectivity index (χ1n) is 9.72. The monoisotopic (exact) mass is 438 g/mol. The molecular weight excluding hydrogens is 416 g/mol. The Kier molecular flexibility index (Phi) is 6.22. The first kappa shape index (κ1) is 22.8. The summed E-state index contributed by atoms with van der Waals surface area (Å²) in [7, 11) is 1.13. The maximum atomic E-state index is 12.8. The van der Waals surface area contributed by atoms with Gasteiger partial charge in [-0.3, -0.25) is 14.4 Å². The normalized spacial score (nSPS) is 13.5. The SMILES string of the molecule is COC(=O)[C@H](COC(=O)c1ccc2c(c1)C(=O)c1ccccc1C2=O)NC(=O)C(C)(C)N. The van der Waals surface area contributed by atoms with Crippen LogP contribution in [0.2, 0.25) is 0 Å². The van der Waals surface area contributed by atoms with Crippen molar-refractivity contribution in [3.05, 3.63) is 70.3 Å². The van der Waals surface area contributed by atoms with Gasteiger partial charge in [-0.1, -0.05) is 24.3 Å². The average Bonchev–Trinajstić information content (AvgIpc) is 2.78. The summed E-state index contributed by atoms with van der Waals surface area (Å²) in [5, 5.41) is 2.37. The first-order valence-corrected chi connectivity index (χ1v) is 9.72. The van der Waals surface area contributed by atoms with E-state index in [2.05, 4.69) is 10.1 Å². The van der Waals surface area contributed by atoms with Crippen LogP contribution in [0.1, 0.15) is 56.0 Å². The van der Waals surface area contributed by atoms with Gasteiger partial charge in [-0.05, 0) is 32.0 Å². The Morgan fingerprint density at radius 1 is 0.969 bits per heavy atom. The van der Waals surface area contributed by atoms with Gasteiger partial charge in [0, 0.05) is 22.3 Å². The lowest BCUT2D eigenvalue weighted by Crippen LogP contribution is -2.55. The van der Waals surface area contributed by atoms with Crippen LogP contribution in [-0.2, 0) is 19.1 Å². The predicted molar refractivity (Wildman–Crippen MR) is 112 cm³/mol. The van der Waals surface area contributed by atoms with Gasteiger partial charge in [0.15, 0.2) is 17.6 Å². The molecule has 0 heterocycles. The van der Waals surface area contributed by atoms with Crippen molar-refractivity contribution in [3.63, 3.8) is 0 Å². The van der Waals surface area contributed by atoms with Gasteiger partial charge in [-0.25, -0.2) is 9.59 Å². The number of carbonyl (C=O) groups excluding carboxylic acids is 5. The number of amides is 1. The number of hydrogen-bond donors (Lipinski definition) is 2. The van der Waals surface area contributed by atoms with Crippen LogP contribution in [0.15, 0.2) is 42.5 Å². The number of methoxy groups -OCH3 is 1. The van der Waals surface area contributed by atoms with Gasteiger partial charge in [-0.15, -0.1) is 0 Å². The van der Waals surface area contributed by atoms with Gasteiger partial charge >= 0.3 is 11.9 Å². The molecule has 1 aliphatic carbocycles. The van der Waals surface area contributed by atoms with Gasteiger partial charge in [0.1, 0.15) is 6.61 Å². The van der Waals surface area contributed by atoms with Gasteiger partial charge in [0.05, 0.1) is 18.2 Å². The predicted octanol–water partition coefficient (Wildman–Crippen LogP) is 1.01. The van der Waals surface area contributed by atoms with Crippen molar-refractivity contribution in [3.8, 4) is 0 Å². The number of fused-ring (bicyclic) bond motifs is 2. The Balaban J connectivity index is 1.78. The third-order valence-electron chi connectivity index (χ3n) is 4.92. The smallest absolute Gasteiger partial charge is 0.338 e. The van der Waals surface area contributed by atoms with Crippen molar-refractivity contribution in [1.29, 1.82) is 0 Å². The number of ketones is 2. The summed E-state index contributed by atoms with van der Waals surface area (Å²) >= 11 is 0. The average molecular weight is 438 g/mol. The fourth-order valence-corrected chi connectivity index (χ4v) is 3.12. The van der Waals surface area contributed by atoms with Crippen LogP contribution in [0.4, 0.5) is 0 Å². The maximum Gasteiger partial charge on any atom is 0.338 e. The molecule has 0 aliphatic heterocycles. The van der Waals surface area contributed by atoms with E-state index in [4.69, 9.17) is 10.5 Å². The number of ether oxygens (including phenoxy) is 2. The summed E-state index contributed by atoms with van der Waals surface area (Å²) < 4.78 is 9.79. The fourth-order valence-electron chi connectivity index (χ4n) is 3.12. The lowest BCUT2D eigenvalue weighted by atomic mass is 9.83. The van der Waals surface area contributed by atoms with E-state index in [9.17, 15) is 24.0 Å². The molecule has 0 saturated carbocycles. The van der Waals surface area contributed by atoms with Crippen LogP contribution >= 0.6 is 0 Å². The molecule has 0 aromatic heterocycles. The number of benzene rings is 2. The molecule has 3 N–H and O–H groups in total. The summed E-state index contributed by atoms with van der Waals surface area (Å²) in [6.07, 6.45) is 0. The second-order valence-corrected chi connectivity index (χ2v) is 7.83. The van der Waals surface area contributed by atoms with Gasteiger partial charge in [0.2, 0.25) is 5.91 Å². The quantitative estimate of drug-likeness (QED) is 0.543. The van der Waals surface area contributed by atoms with Gasteiger partial charge < -0.3 is 20.5 Å². The molecule has 0 fully saturated rings. The number of rotatable bonds is 6. The minimum absolute atomic E-state index is 0.0124. The number of esters is 2. The summed E-state index contributed by atoms with van der Waals surface area (Å²) in [5.41, 5.74) is 5.30. The van der Waals surface area contributed by atoms with Crippen molar-refractivity contribution >= 4 is 29.4 Å². The van der Waals surface area contributed by atoms with Crippen molar-refractivity contribution in [2.75, 3.05) is 13.7 Å². The standard InChI is InChI=1S/C23H22N2O7/c1-23(2,24)22(30)25-17(21(29)31-3)11-32-20(28)12-8-9-15-16(10-12)19(27)14-7-5-4-6-13(14)18(15)26/h4-10,17H,11,24H2,1-3H3,(H,25,30)/t17-/m0/s1. The second kappa shape index (κ2) is 8.72. The Morgan fingerprint density at radius 2 is 1.53 bits per heavy atom. The number of hydrogen-bond acceptors (Lipinski definition) is 8. The highest BCUT2D eigenvalue weighted by Gasteiger charge is 2.32. The van der Waals surface area contributed by atoms with Gasteiger partial charge in [0.25, 0.3) is 0 Å². The summed E-state index contributed by atoms with van der Waals surface area (Å²) in [4.78, 5) is 62.1. The Morgan fingerprint density at radius 3 is 2.09 bits per heavy atom. The fraction of sp³-hybridized carbons (Fsp3) is 0.261. The molecule has 9 heteroatoms. The molecular formula is C23H22N2O7. The number of carbonyl (C=O) groups is 5. The summed E-state index contributed by atoms with van der Waals surface area (Å²) in [6, 6.07) is 9.19. The maximum absolute atomic E-state index is 12.8. The highest BCUT2D eigenvalue weighted by Crippen LogP contribution is 2.28. The molecule has 2 aromatic carbocycles. The number of nitrogens with one attached hydrogen (secondary N) is 1. The molecule has 1 amide bonds. The van der Waals surface area contributed by atoms with E-state index in [-0.39, 0.29) is 33.8 Å². The molecule has 9 nitrogen and oxygen atoms in total. The zero-order chi connectivity index (χ0) is 23.6. The molecule has 32 heavy (non-hydrogen) atoms. The van der Waals surface area contributed by atoms with E-state index in [0.29, 0.717) is 5.56 Å². The van der Waals surface area contributed by atoms with Crippen LogP contribution in [0, 0.1) is 0 Å². The van der Waals surface area contributed by atoms with E-state index in [1.165, 1.54) is 32.0 Å². The molecule has 1 aliphatic rings. The molecule has 1 atom stereocenters. The van der Waals surface area contributed by atoms with Crippen LogP contribution in [0.25, 0.3) is 0 Å². The zero-order valence-corrected chi connectivity index (χ0v) is 17.8.